The highest BCUT2D eigenvalue weighted by molar-refractivity contribution is 5.33. The second-order valence-corrected chi connectivity index (χ2v) is 5.82. The Labute approximate surface area is 121 Å². The minimum absolute atomic E-state index is 0.0860. The zero-order valence-corrected chi connectivity index (χ0v) is 12.8. The minimum atomic E-state index is -0.216. The molecule has 1 aromatic carbocycles. The smallest absolute Gasteiger partial charge is 0.169 e. The van der Waals surface area contributed by atoms with Crippen LogP contribution >= 0.6 is 0 Å². The molecule has 3 heteroatoms. The summed E-state index contributed by atoms with van der Waals surface area (Å²) in [6.07, 6.45) is 6.17. The highest BCUT2D eigenvalue weighted by Crippen LogP contribution is 2.39. The average Bonchev–Trinajstić information content (AvgIpc) is 2.50. The lowest BCUT2D eigenvalue weighted by atomic mass is 9.76. The van der Waals surface area contributed by atoms with Gasteiger partial charge in [0.1, 0.15) is 0 Å². The molecule has 20 heavy (non-hydrogen) atoms. The van der Waals surface area contributed by atoms with Crippen LogP contribution in [0.3, 0.4) is 0 Å². The number of nitrogens with one attached hydrogen (secondary N) is 1. The zero-order valence-electron chi connectivity index (χ0n) is 12.8. The van der Waals surface area contributed by atoms with E-state index in [-0.39, 0.29) is 11.9 Å². The zero-order chi connectivity index (χ0) is 14.5. The molecule has 1 aromatic rings. The molecule has 0 saturated heterocycles. The predicted molar refractivity (Wildman–Crippen MR) is 80.5 cm³/mol. The van der Waals surface area contributed by atoms with Crippen molar-refractivity contribution in [2.24, 2.45) is 11.8 Å². The van der Waals surface area contributed by atoms with Crippen LogP contribution in [0, 0.1) is 17.7 Å². The number of ether oxygens (including phenoxy) is 1. The first kappa shape index (κ1) is 15.3. The Hall–Kier alpha value is -1.09. The first-order valence-electron chi connectivity index (χ1n) is 7.70. The third kappa shape index (κ3) is 3.14. The summed E-state index contributed by atoms with van der Waals surface area (Å²) in [6.45, 7) is 2.27. The average molecular weight is 279 g/mol. The molecule has 1 N–H and O–H groups in total. The van der Waals surface area contributed by atoms with E-state index in [0.29, 0.717) is 11.7 Å². The molecule has 1 saturated carbocycles. The third-order valence-corrected chi connectivity index (χ3v) is 4.80. The molecule has 1 atom stereocenters. The van der Waals surface area contributed by atoms with Crippen LogP contribution in [-0.2, 0) is 0 Å². The van der Waals surface area contributed by atoms with Crippen molar-refractivity contribution in [2.75, 3.05) is 14.2 Å². The topological polar surface area (TPSA) is 21.3 Å². The molecule has 1 aliphatic rings. The summed E-state index contributed by atoms with van der Waals surface area (Å²) >= 11 is 0. The largest absolute Gasteiger partial charge is 0.494 e. The van der Waals surface area contributed by atoms with E-state index in [1.807, 2.05) is 19.2 Å². The molecule has 0 amide bonds. The summed E-state index contributed by atoms with van der Waals surface area (Å²) in [6, 6.07) is 5.52. The van der Waals surface area contributed by atoms with E-state index in [1.165, 1.54) is 39.2 Å². The van der Waals surface area contributed by atoms with Crippen LogP contribution in [0.15, 0.2) is 18.2 Å². The molecule has 1 unspecified atom stereocenters. The van der Waals surface area contributed by atoms with Crippen molar-refractivity contribution in [3.63, 3.8) is 0 Å². The van der Waals surface area contributed by atoms with Crippen LogP contribution in [0.5, 0.6) is 5.75 Å². The molecule has 0 aromatic heterocycles. The van der Waals surface area contributed by atoms with Crippen LogP contribution in [0.4, 0.5) is 4.39 Å². The number of benzene rings is 1. The summed E-state index contributed by atoms with van der Waals surface area (Å²) in [5.74, 6) is 1.50. The van der Waals surface area contributed by atoms with Crippen molar-refractivity contribution in [2.45, 2.75) is 45.1 Å². The van der Waals surface area contributed by atoms with Crippen molar-refractivity contribution in [3.05, 3.63) is 29.6 Å². The molecule has 2 rings (SSSR count). The second-order valence-electron chi connectivity index (χ2n) is 5.82. The lowest BCUT2D eigenvalue weighted by Gasteiger charge is -2.34. The number of hydrogen-bond donors (Lipinski definition) is 1. The number of methoxy groups -OCH3 is 1. The summed E-state index contributed by atoms with van der Waals surface area (Å²) in [4.78, 5) is 0. The molecular formula is C17H26FNO. The van der Waals surface area contributed by atoms with Crippen LogP contribution in [0.25, 0.3) is 0 Å². The van der Waals surface area contributed by atoms with Gasteiger partial charge in [-0.3, -0.25) is 0 Å². The van der Waals surface area contributed by atoms with E-state index in [0.717, 1.165) is 11.5 Å². The van der Waals surface area contributed by atoms with Crippen LogP contribution < -0.4 is 10.1 Å². The molecule has 0 bridgehead atoms. The molecule has 0 radical (unpaired) electrons. The molecule has 0 spiro atoms. The first-order chi connectivity index (χ1) is 9.71. The van der Waals surface area contributed by atoms with Gasteiger partial charge in [-0.15, -0.1) is 0 Å². The van der Waals surface area contributed by atoms with Gasteiger partial charge in [0.2, 0.25) is 0 Å². The number of hydrogen-bond acceptors (Lipinski definition) is 2. The Bertz CT molecular complexity index is 427. The quantitative estimate of drug-likeness (QED) is 0.867. The maximum absolute atomic E-state index is 14.4. The van der Waals surface area contributed by atoms with E-state index in [2.05, 4.69) is 12.2 Å². The molecule has 1 fully saturated rings. The van der Waals surface area contributed by atoms with Gasteiger partial charge >= 0.3 is 0 Å². The SMILES string of the molecule is CCC1CCC(C(NC)c2cccc(OC)c2F)CC1. The molecule has 2 nitrogen and oxygen atoms in total. The Morgan fingerprint density at radius 2 is 2.00 bits per heavy atom. The molecule has 112 valence electrons. The van der Waals surface area contributed by atoms with E-state index >= 15 is 0 Å². The Balaban J connectivity index is 2.16. The van der Waals surface area contributed by atoms with Gasteiger partial charge in [0, 0.05) is 11.6 Å². The lowest BCUT2D eigenvalue weighted by Crippen LogP contribution is -2.29. The fourth-order valence-electron chi connectivity index (χ4n) is 3.50. The van der Waals surface area contributed by atoms with E-state index < -0.39 is 0 Å². The van der Waals surface area contributed by atoms with Gasteiger partial charge < -0.3 is 10.1 Å². The summed E-state index contributed by atoms with van der Waals surface area (Å²) in [5, 5.41) is 3.32. The van der Waals surface area contributed by atoms with Gasteiger partial charge in [-0.25, -0.2) is 4.39 Å². The Kier molecular flexibility index (Phi) is 5.41. The molecule has 0 heterocycles. The normalized spacial score (nSPS) is 24.4. The number of halogens is 1. The first-order valence-corrected chi connectivity index (χ1v) is 7.70. The van der Waals surface area contributed by atoms with Gasteiger partial charge in [-0.1, -0.05) is 38.3 Å². The van der Waals surface area contributed by atoms with Gasteiger partial charge in [-0.2, -0.15) is 0 Å². The molecule has 1 aliphatic carbocycles. The van der Waals surface area contributed by atoms with Gasteiger partial charge in [0.15, 0.2) is 11.6 Å². The highest BCUT2D eigenvalue weighted by atomic mass is 19.1. The monoisotopic (exact) mass is 279 g/mol. The fraction of sp³-hybridized carbons (Fsp3) is 0.647. The summed E-state index contributed by atoms with van der Waals surface area (Å²) in [5.41, 5.74) is 0.742. The maximum atomic E-state index is 14.4. The van der Waals surface area contributed by atoms with Crippen LogP contribution in [0.1, 0.15) is 50.6 Å². The maximum Gasteiger partial charge on any atom is 0.169 e. The Morgan fingerprint density at radius 3 is 2.55 bits per heavy atom. The van der Waals surface area contributed by atoms with E-state index in [4.69, 9.17) is 4.74 Å². The van der Waals surface area contributed by atoms with Crippen molar-refractivity contribution in [3.8, 4) is 5.75 Å². The van der Waals surface area contributed by atoms with Gasteiger partial charge in [0.25, 0.3) is 0 Å². The van der Waals surface area contributed by atoms with Crippen molar-refractivity contribution >= 4 is 0 Å². The Morgan fingerprint density at radius 1 is 1.30 bits per heavy atom. The van der Waals surface area contributed by atoms with Crippen LogP contribution in [-0.4, -0.2) is 14.2 Å². The van der Waals surface area contributed by atoms with E-state index in [9.17, 15) is 4.39 Å². The minimum Gasteiger partial charge on any atom is -0.494 e. The number of rotatable bonds is 5. The van der Waals surface area contributed by atoms with Crippen LogP contribution in [0.2, 0.25) is 0 Å². The molecule has 0 aliphatic heterocycles. The van der Waals surface area contributed by atoms with Gasteiger partial charge in [-0.05, 0) is 37.8 Å². The third-order valence-electron chi connectivity index (χ3n) is 4.80. The summed E-state index contributed by atoms with van der Waals surface area (Å²) in [7, 11) is 3.44. The van der Waals surface area contributed by atoms with Crippen molar-refractivity contribution < 1.29 is 9.13 Å². The van der Waals surface area contributed by atoms with Crippen molar-refractivity contribution in [1.29, 1.82) is 0 Å². The predicted octanol–water partition coefficient (Wildman–Crippen LogP) is 4.31. The van der Waals surface area contributed by atoms with Gasteiger partial charge in [0.05, 0.1) is 7.11 Å². The van der Waals surface area contributed by atoms with E-state index in [1.54, 1.807) is 6.07 Å². The lowest BCUT2D eigenvalue weighted by molar-refractivity contribution is 0.221. The standard InChI is InChI=1S/C17H26FNO/c1-4-12-8-10-13(11-9-12)17(19-2)14-6-5-7-15(20-3)16(14)18/h5-7,12-13,17,19H,4,8-11H2,1-3H3. The second kappa shape index (κ2) is 7.07. The fourth-order valence-corrected chi connectivity index (χ4v) is 3.50. The highest BCUT2D eigenvalue weighted by Gasteiger charge is 2.29. The summed E-state index contributed by atoms with van der Waals surface area (Å²) < 4.78 is 19.5. The molecular weight excluding hydrogens is 253 g/mol. The van der Waals surface area contributed by atoms with Crippen molar-refractivity contribution in [1.82, 2.24) is 5.32 Å².